The topological polar surface area (TPSA) is 73.9 Å². The number of alkyl halides is 1. The molecule has 2 atom stereocenters. The summed E-state index contributed by atoms with van der Waals surface area (Å²) >= 11 is 0. The van der Waals surface area contributed by atoms with Gasteiger partial charge in [-0.3, -0.25) is 9.59 Å². The number of carbonyl (C=O) groups excluding carboxylic acids is 2. The first-order valence-electron chi connectivity index (χ1n) is 7.06. The molecule has 7 heteroatoms. The molecule has 2 unspecified atom stereocenters. The summed E-state index contributed by atoms with van der Waals surface area (Å²) in [5.41, 5.74) is 0. The molecule has 0 amide bonds. The number of nitrogens with one attached hydrogen (secondary N) is 1. The molecule has 0 spiro atoms. The van der Waals surface area contributed by atoms with Crippen molar-refractivity contribution in [3.8, 4) is 0 Å². The molecule has 1 saturated heterocycles. The van der Waals surface area contributed by atoms with Crippen molar-refractivity contribution in [3.63, 3.8) is 0 Å². The van der Waals surface area contributed by atoms with E-state index in [2.05, 4.69) is 5.32 Å². The first-order chi connectivity index (χ1) is 10.1. The molecule has 0 aromatic rings. The summed E-state index contributed by atoms with van der Waals surface area (Å²) in [7, 11) is 0. The fraction of sp³-hybridized carbons (Fsp3) is 0.714. The molecule has 0 aliphatic carbocycles. The molecule has 1 heterocycles. The Morgan fingerprint density at radius 3 is 2.81 bits per heavy atom. The number of halogens is 1. The van der Waals surface area contributed by atoms with Gasteiger partial charge in [0.1, 0.15) is 12.2 Å². The van der Waals surface area contributed by atoms with Crippen LogP contribution in [0.25, 0.3) is 0 Å². The fourth-order valence-electron chi connectivity index (χ4n) is 1.81. The highest BCUT2D eigenvalue weighted by Gasteiger charge is 2.30. The van der Waals surface area contributed by atoms with E-state index in [0.717, 1.165) is 0 Å². The molecule has 0 radical (unpaired) electrons. The summed E-state index contributed by atoms with van der Waals surface area (Å²) in [4.78, 5) is 22.5. The Bertz CT molecular complexity index is 361. The molecule has 1 fully saturated rings. The first kappa shape index (κ1) is 17.6. The number of hydrogen-bond acceptors (Lipinski definition) is 6. The van der Waals surface area contributed by atoms with Crippen LogP contribution in [0, 0.1) is 0 Å². The molecular formula is C14H22FNO5. The lowest BCUT2D eigenvalue weighted by Crippen LogP contribution is -2.32. The molecule has 1 aliphatic rings. The summed E-state index contributed by atoms with van der Waals surface area (Å²) in [6.45, 7) is 2.44. The van der Waals surface area contributed by atoms with Crippen molar-refractivity contribution in [1.82, 2.24) is 5.32 Å². The van der Waals surface area contributed by atoms with E-state index in [9.17, 15) is 14.0 Å². The van der Waals surface area contributed by atoms with Crippen LogP contribution in [0.1, 0.15) is 26.2 Å². The second kappa shape index (κ2) is 10.3. The van der Waals surface area contributed by atoms with Crippen LogP contribution in [-0.2, 0) is 23.8 Å². The standard InChI is InChI=1S/C14H22FNO5/c1-2-20-13(17)6-4-3-5-7-19-10-21-14(18)12-8-11(15)9-16-12/h3,5,11-12,16H,2,4,6-10H2,1H3/b5-3+. The van der Waals surface area contributed by atoms with E-state index in [1.807, 2.05) is 0 Å². The van der Waals surface area contributed by atoms with Gasteiger partial charge in [-0.25, -0.2) is 4.39 Å². The first-order valence-corrected chi connectivity index (χ1v) is 7.06. The van der Waals surface area contributed by atoms with E-state index in [1.165, 1.54) is 0 Å². The quantitative estimate of drug-likeness (QED) is 0.298. The summed E-state index contributed by atoms with van der Waals surface area (Å²) in [5, 5.41) is 2.73. The largest absolute Gasteiger partial charge is 0.466 e. The molecule has 1 N–H and O–H groups in total. The summed E-state index contributed by atoms with van der Waals surface area (Å²) in [5.74, 6) is -0.728. The molecule has 0 saturated carbocycles. The maximum atomic E-state index is 12.9. The average Bonchev–Trinajstić information content (AvgIpc) is 2.88. The van der Waals surface area contributed by atoms with Gasteiger partial charge in [-0.05, 0) is 13.3 Å². The lowest BCUT2D eigenvalue weighted by atomic mass is 10.2. The Kier molecular flexibility index (Phi) is 8.61. The van der Waals surface area contributed by atoms with E-state index >= 15 is 0 Å². The number of allylic oxidation sites excluding steroid dienone is 1. The Balaban J connectivity index is 1.96. The SMILES string of the molecule is CCOC(=O)CC/C=C/COCOC(=O)C1CC(F)CN1. The molecule has 1 rings (SSSR count). The van der Waals surface area contributed by atoms with Gasteiger partial charge in [-0.15, -0.1) is 0 Å². The Hall–Kier alpha value is -1.47. The maximum Gasteiger partial charge on any atom is 0.325 e. The zero-order valence-corrected chi connectivity index (χ0v) is 12.2. The normalized spacial score (nSPS) is 21.6. The number of carbonyl (C=O) groups is 2. The highest BCUT2D eigenvalue weighted by molar-refractivity contribution is 5.76. The van der Waals surface area contributed by atoms with Crippen LogP contribution in [0.5, 0.6) is 0 Å². The van der Waals surface area contributed by atoms with Crippen molar-refractivity contribution < 1.29 is 28.2 Å². The van der Waals surface area contributed by atoms with E-state index in [0.29, 0.717) is 19.4 Å². The van der Waals surface area contributed by atoms with Crippen LogP contribution in [0.15, 0.2) is 12.2 Å². The Labute approximate surface area is 123 Å². The second-order valence-electron chi connectivity index (χ2n) is 4.56. The van der Waals surface area contributed by atoms with Gasteiger partial charge in [0, 0.05) is 19.4 Å². The average molecular weight is 303 g/mol. The molecule has 0 aromatic carbocycles. The van der Waals surface area contributed by atoms with Crippen molar-refractivity contribution in [2.24, 2.45) is 0 Å². The molecule has 0 aromatic heterocycles. The molecule has 0 bridgehead atoms. The van der Waals surface area contributed by atoms with Gasteiger partial charge in [-0.1, -0.05) is 12.2 Å². The zero-order valence-electron chi connectivity index (χ0n) is 12.2. The molecule has 21 heavy (non-hydrogen) atoms. The van der Waals surface area contributed by atoms with Crippen LogP contribution in [0.3, 0.4) is 0 Å². The minimum absolute atomic E-state index is 0.145. The van der Waals surface area contributed by atoms with Gasteiger partial charge in [0.2, 0.25) is 0 Å². The number of rotatable bonds is 9. The zero-order chi connectivity index (χ0) is 15.5. The van der Waals surface area contributed by atoms with Crippen LogP contribution in [0.4, 0.5) is 4.39 Å². The minimum Gasteiger partial charge on any atom is -0.466 e. The molecule has 120 valence electrons. The van der Waals surface area contributed by atoms with Crippen LogP contribution >= 0.6 is 0 Å². The fourth-order valence-corrected chi connectivity index (χ4v) is 1.81. The summed E-state index contributed by atoms with van der Waals surface area (Å²) in [6.07, 6.45) is 3.59. The third-order valence-electron chi connectivity index (χ3n) is 2.85. The Morgan fingerprint density at radius 1 is 1.33 bits per heavy atom. The van der Waals surface area contributed by atoms with E-state index < -0.39 is 18.2 Å². The molecule has 1 aliphatic heterocycles. The van der Waals surface area contributed by atoms with Crippen molar-refractivity contribution in [1.29, 1.82) is 0 Å². The highest BCUT2D eigenvalue weighted by atomic mass is 19.1. The number of hydrogen-bond donors (Lipinski definition) is 1. The second-order valence-corrected chi connectivity index (χ2v) is 4.56. The van der Waals surface area contributed by atoms with Gasteiger partial charge < -0.3 is 19.5 Å². The van der Waals surface area contributed by atoms with Gasteiger partial charge >= 0.3 is 11.9 Å². The van der Waals surface area contributed by atoms with Gasteiger partial charge in [0.05, 0.1) is 13.2 Å². The van der Waals surface area contributed by atoms with Gasteiger partial charge in [0.15, 0.2) is 6.79 Å². The number of esters is 2. The van der Waals surface area contributed by atoms with Crippen molar-refractivity contribution in [2.45, 2.75) is 38.4 Å². The summed E-state index contributed by atoms with van der Waals surface area (Å²) < 4.78 is 27.6. The minimum atomic E-state index is -0.995. The third-order valence-corrected chi connectivity index (χ3v) is 2.85. The van der Waals surface area contributed by atoms with Crippen LogP contribution in [-0.4, -0.2) is 50.7 Å². The molecular weight excluding hydrogens is 281 g/mol. The third kappa shape index (κ3) is 7.77. The lowest BCUT2D eigenvalue weighted by molar-refractivity contribution is -0.157. The van der Waals surface area contributed by atoms with Crippen LogP contribution in [0.2, 0.25) is 0 Å². The van der Waals surface area contributed by atoms with Gasteiger partial charge in [0.25, 0.3) is 0 Å². The van der Waals surface area contributed by atoms with Gasteiger partial charge in [-0.2, -0.15) is 0 Å². The van der Waals surface area contributed by atoms with E-state index in [1.54, 1.807) is 19.1 Å². The maximum absolute atomic E-state index is 12.9. The molecule has 6 nitrogen and oxygen atoms in total. The van der Waals surface area contributed by atoms with E-state index in [4.69, 9.17) is 14.2 Å². The van der Waals surface area contributed by atoms with Crippen molar-refractivity contribution in [2.75, 3.05) is 26.6 Å². The monoisotopic (exact) mass is 303 g/mol. The predicted molar refractivity (Wildman–Crippen MR) is 73.2 cm³/mol. The predicted octanol–water partition coefficient (Wildman–Crippen LogP) is 1.10. The lowest BCUT2D eigenvalue weighted by Gasteiger charge is -2.09. The smallest absolute Gasteiger partial charge is 0.325 e. The van der Waals surface area contributed by atoms with Crippen LogP contribution < -0.4 is 5.32 Å². The highest BCUT2D eigenvalue weighted by Crippen LogP contribution is 2.10. The Morgan fingerprint density at radius 2 is 2.14 bits per heavy atom. The van der Waals surface area contributed by atoms with Crippen molar-refractivity contribution in [3.05, 3.63) is 12.2 Å². The summed E-state index contributed by atoms with van der Waals surface area (Å²) in [6, 6.07) is -0.580. The van der Waals surface area contributed by atoms with Crippen molar-refractivity contribution >= 4 is 11.9 Å². The van der Waals surface area contributed by atoms with E-state index in [-0.39, 0.29) is 32.3 Å². The number of ether oxygens (including phenoxy) is 3.